The number of nitrogens with zero attached hydrogens (tertiary/aromatic N) is 1. The van der Waals surface area contributed by atoms with Crippen LogP contribution in [0.15, 0.2) is 0 Å². The minimum atomic E-state index is -1.08. The number of carboxylic acid groups (broad SMARTS) is 1. The molecule has 0 aromatic heterocycles. The Kier molecular flexibility index (Phi) is 7.64. The number of carbonyl (C=O) groups excluding carboxylic acids is 2. The summed E-state index contributed by atoms with van der Waals surface area (Å²) in [6, 6.07) is -1.54. The van der Waals surface area contributed by atoms with Crippen LogP contribution in [-0.4, -0.2) is 53.6 Å². The van der Waals surface area contributed by atoms with Gasteiger partial charge in [0, 0.05) is 13.1 Å². The molecule has 7 heteroatoms. The van der Waals surface area contributed by atoms with Gasteiger partial charge in [0.1, 0.15) is 12.6 Å². The van der Waals surface area contributed by atoms with Gasteiger partial charge in [-0.25, -0.2) is 9.59 Å². The number of hydrogen-bond acceptors (Lipinski definition) is 3. The fraction of sp³-hybridized carbons (Fsp3) is 0.769. The van der Waals surface area contributed by atoms with Gasteiger partial charge < -0.3 is 20.6 Å². The van der Waals surface area contributed by atoms with E-state index in [0.29, 0.717) is 6.42 Å². The lowest BCUT2D eigenvalue weighted by molar-refractivity contribution is -0.140. The Balaban J connectivity index is 4.50. The van der Waals surface area contributed by atoms with E-state index in [-0.39, 0.29) is 24.4 Å². The van der Waals surface area contributed by atoms with Crippen molar-refractivity contribution >= 4 is 17.9 Å². The molecule has 0 unspecified atom stereocenters. The summed E-state index contributed by atoms with van der Waals surface area (Å²) in [6.07, 6.45) is 0.634. The molecular weight excluding hydrogens is 262 g/mol. The molecule has 116 valence electrons. The van der Waals surface area contributed by atoms with E-state index in [9.17, 15) is 14.4 Å². The van der Waals surface area contributed by atoms with Gasteiger partial charge in [0.25, 0.3) is 0 Å². The van der Waals surface area contributed by atoms with Gasteiger partial charge in [0.2, 0.25) is 5.91 Å². The molecule has 0 aliphatic rings. The minimum absolute atomic E-state index is 0.00848. The van der Waals surface area contributed by atoms with E-state index in [4.69, 9.17) is 5.11 Å². The number of rotatable bonds is 7. The monoisotopic (exact) mass is 287 g/mol. The Morgan fingerprint density at radius 1 is 1.15 bits per heavy atom. The molecule has 0 aliphatic carbocycles. The average Bonchev–Trinajstić information content (AvgIpc) is 2.32. The number of carboxylic acids is 1. The zero-order valence-electron chi connectivity index (χ0n) is 12.8. The number of likely N-dealkylation sites (N-methyl/N-ethyl adjacent to an activating group) is 1. The first kappa shape index (κ1) is 18.2. The topological polar surface area (TPSA) is 98.7 Å². The van der Waals surface area contributed by atoms with Gasteiger partial charge in [0.05, 0.1) is 0 Å². The molecule has 3 N–H and O–H groups in total. The third-order valence-electron chi connectivity index (χ3n) is 2.94. The molecule has 2 atom stereocenters. The van der Waals surface area contributed by atoms with E-state index in [1.165, 1.54) is 7.05 Å². The number of carbonyl (C=O) groups is 3. The number of nitrogens with one attached hydrogen (secondary N) is 2. The molecule has 0 rings (SSSR count). The van der Waals surface area contributed by atoms with Gasteiger partial charge in [-0.3, -0.25) is 4.79 Å². The lowest BCUT2D eigenvalue weighted by Crippen LogP contribution is -2.51. The minimum Gasteiger partial charge on any atom is -0.480 e. The standard InChI is InChI=1S/C13H25N3O4/c1-6-9(4)11(12(18)19)15-13(20)16(5)7-10(17)14-8(2)3/h8-9,11H,6-7H2,1-5H3,(H,14,17)(H,15,20)(H,18,19)/t9-,11-/m0/s1. The predicted molar refractivity (Wildman–Crippen MR) is 75.3 cm³/mol. The van der Waals surface area contributed by atoms with Crippen LogP contribution < -0.4 is 10.6 Å². The van der Waals surface area contributed by atoms with E-state index in [0.717, 1.165) is 4.90 Å². The summed E-state index contributed by atoms with van der Waals surface area (Å²) in [5.74, 6) is -1.55. The van der Waals surface area contributed by atoms with Gasteiger partial charge in [-0.1, -0.05) is 20.3 Å². The van der Waals surface area contributed by atoms with E-state index in [1.807, 2.05) is 20.8 Å². The molecule has 0 saturated heterocycles. The molecule has 0 spiro atoms. The Hall–Kier alpha value is -1.79. The second-order valence-corrected chi connectivity index (χ2v) is 5.23. The molecule has 0 aromatic carbocycles. The van der Waals surface area contributed by atoms with Crippen molar-refractivity contribution in [1.29, 1.82) is 0 Å². The highest BCUT2D eigenvalue weighted by Gasteiger charge is 2.26. The lowest BCUT2D eigenvalue weighted by atomic mass is 9.99. The summed E-state index contributed by atoms with van der Waals surface area (Å²) in [5.41, 5.74) is 0. The van der Waals surface area contributed by atoms with Crippen molar-refractivity contribution in [3.8, 4) is 0 Å². The van der Waals surface area contributed by atoms with Crippen molar-refractivity contribution in [1.82, 2.24) is 15.5 Å². The van der Waals surface area contributed by atoms with E-state index in [1.54, 1.807) is 6.92 Å². The Bertz CT molecular complexity index is 358. The third kappa shape index (κ3) is 6.40. The number of hydrogen-bond donors (Lipinski definition) is 3. The summed E-state index contributed by atoms with van der Waals surface area (Å²) in [4.78, 5) is 35.7. The van der Waals surface area contributed by atoms with Gasteiger partial charge in [0.15, 0.2) is 0 Å². The van der Waals surface area contributed by atoms with Crippen LogP contribution in [0, 0.1) is 5.92 Å². The second kappa shape index (κ2) is 8.39. The molecule has 7 nitrogen and oxygen atoms in total. The highest BCUT2D eigenvalue weighted by molar-refractivity contribution is 5.86. The summed E-state index contributed by atoms with van der Waals surface area (Å²) < 4.78 is 0. The largest absolute Gasteiger partial charge is 0.480 e. The van der Waals surface area contributed by atoms with Crippen LogP contribution in [0.4, 0.5) is 4.79 Å². The van der Waals surface area contributed by atoms with Crippen LogP contribution in [0.2, 0.25) is 0 Å². The van der Waals surface area contributed by atoms with Crippen LogP contribution >= 0.6 is 0 Å². The molecule has 0 aromatic rings. The average molecular weight is 287 g/mol. The highest BCUT2D eigenvalue weighted by atomic mass is 16.4. The van der Waals surface area contributed by atoms with Crippen molar-refractivity contribution in [2.75, 3.05) is 13.6 Å². The summed E-state index contributed by atoms with van der Waals surface area (Å²) in [7, 11) is 1.45. The second-order valence-electron chi connectivity index (χ2n) is 5.23. The fourth-order valence-corrected chi connectivity index (χ4v) is 1.58. The number of aliphatic carboxylic acids is 1. The van der Waals surface area contributed by atoms with Crippen LogP contribution in [0.1, 0.15) is 34.1 Å². The maximum absolute atomic E-state index is 11.9. The predicted octanol–water partition coefficient (Wildman–Crippen LogP) is 0.652. The highest BCUT2D eigenvalue weighted by Crippen LogP contribution is 2.08. The smallest absolute Gasteiger partial charge is 0.326 e. The summed E-state index contributed by atoms with van der Waals surface area (Å²) >= 11 is 0. The number of urea groups is 1. The van der Waals surface area contributed by atoms with Crippen molar-refractivity contribution < 1.29 is 19.5 Å². The van der Waals surface area contributed by atoms with Crippen LogP contribution in [0.5, 0.6) is 0 Å². The van der Waals surface area contributed by atoms with Gasteiger partial charge in [-0.15, -0.1) is 0 Å². The molecule has 0 bridgehead atoms. The van der Waals surface area contributed by atoms with E-state index >= 15 is 0 Å². The first-order chi connectivity index (χ1) is 9.18. The van der Waals surface area contributed by atoms with Gasteiger partial charge >= 0.3 is 12.0 Å². The van der Waals surface area contributed by atoms with Crippen molar-refractivity contribution in [3.05, 3.63) is 0 Å². The molecule has 20 heavy (non-hydrogen) atoms. The van der Waals surface area contributed by atoms with E-state index < -0.39 is 18.0 Å². The van der Waals surface area contributed by atoms with E-state index in [2.05, 4.69) is 10.6 Å². The lowest BCUT2D eigenvalue weighted by Gasteiger charge is -2.24. The quantitative estimate of drug-likeness (QED) is 0.640. The Morgan fingerprint density at radius 3 is 2.10 bits per heavy atom. The Labute approximate surface area is 119 Å². The van der Waals surface area contributed by atoms with Crippen molar-refractivity contribution in [2.24, 2.45) is 5.92 Å². The SMILES string of the molecule is CC[C@H](C)[C@H](NC(=O)N(C)CC(=O)NC(C)C)C(=O)O. The maximum Gasteiger partial charge on any atom is 0.326 e. The van der Waals surface area contributed by atoms with Crippen molar-refractivity contribution in [2.45, 2.75) is 46.2 Å². The number of amides is 3. The van der Waals surface area contributed by atoms with Gasteiger partial charge in [-0.05, 0) is 19.8 Å². The molecule has 0 radical (unpaired) electrons. The summed E-state index contributed by atoms with van der Waals surface area (Å²) in [5, 5.41) is 14.2. The molecule has 0 heterocycles. The van der Waals surface area contributed by atoms with Gasteiger partial charge in [-0.2, -0.15) is 0 Å². The zero-order chi connectivity index (χ0) is 15.9. The molecule has 0 saturated carbocycles. The third-order valence-corrected chi connectivity index (χ3v) is 2.94. The molecule has 3 amide bonds. The molecule has 0 fully saturated rings. The molecular formula is C13H25N3O4. The maximum atomic E-state index is 11.9. The van der Waals surface area contributed by atoms with Crippen molar-refractivity contribution in [3.63, 3.8) is 0 Å². The normalized spacial score (nSPS) is 13.5. The van der Waals surface area contributed by atoms with Crippen LogP contribution in [0.25, 0.3) is 0 Å². The molecule has 0 aliphatic heterocycles. The fourth-order valence-electron chi connectivity index (χ4n) is 1.58. The summed E-state index contributed by atoms with van der Waals surface area (Å²) in [6.45, 7) is 7.14. The first-order valence-corrected chi connectivity index (χ1v) is 6.72. The zero-order valence-corrected chi connectivity index (χ0v) is 12.8. The first-order valence-electron chi connectivity index (χ1n) is 6.72. The Morgan fingerprint density at radius 2 is 1.70 bits per heavy atom. The van der Waals surface area contributed by atoms with Crippen LogP contribution in [0.3, 0.4) is 0 Å². The van der Waals surface area contributed by atoms with Crippen LogP contribution in [-0.2, 0) is 9.59 Å².